The third kappa shape index (κ3) is 2.38. The van der Waals surface area contributed by atoms with Crippen LogP contribution in [0, 0.1) is 13.8 Å². The molecular formula is C9H12N4OS. The van der Waals surface area contributed by atoms with Gasteiger partial charge in [-0.1, -0.05) is 6.92 Å². The van der Waals surface area contributed by atoms with Crippen LogP contribution < -0.4 is 0 Å². The summed E-state index contributed by atoms with van der Waals surface area (Å²) in [6, 6.07) is 0. The number of hydrogen-bond donors (Lipinski definition) is 0. The highest BCUT2D eigenvalue weighted by Gasteiger charge is 2.15. The van der Waals surface area contributed by atoms with Crippen molar-refractivity contribution in [1.29, 1.82) is 0 Å². The van der Waals surface area contributed by atoms with Crippen LogP contribution in [0.1, 0.15) is 34.6 Å². The highest BCUT2D eigenvalue weighted by molar-refractivity contribution is 7.11. The van der Waals surface area contributed by atoms with Crippen molar-refractivity contribution in [3.63, 3.8) is 0 Å². The Kier molecular flexibility index (Phi) is 2.77. The van der Waals surface area contributed by atoms with Crippen molar-refractivity contribution in [2.24, 2.45) is 0 Å². The van der Waals surface area contributed by atoms with E-state index in [1.807, 2.05) is 13.8 Å². The van der Waals surface area contributed by atoms with Gasteiger partial charge in [-0.05, 0) is 6.92 Å². The summed E-state index contributed by atoms with van der Waals surface area (Å²) >= 11 is 1.61. The van der Waals surface area contributed by atoms with Crippen LogP contribution in [-0.4, -0.2) is 20.4 Å². The lowest BCUT2D eigenvalue weighted by molar-refractivity contribution is 0.436. The van der Waals surface area contributed by atoms with E-state index in [1.54, 1.807) is 18.3 Å². The molecule has 15 heavy (non-hydrogen) atoms. The predicted octanol–water partition coefficient (Wildman–Crippen LogP) is 1.88. The van der Waals surface area contributed by atoms with Crippen molar-refractivity contribution in [1.82, 2.24) is 20.4 Å². The minimum atomic E-state index is 0.193. The maximum absolute atomic E-state index is 5.36. The second-order valence-corrected chi connectivity index (χ2v) is 4.75. The summed E-state index contributed by atoms with van der Waals surface area (Å²) in [4.78, 5) is 0. The Morgan fingerprint density at radius 3 is 2.53 bits per heavy atom. The Hall–Kier alpha value is -1.30. The van der Waals surface area contributed by atoms with E-state index >= 15 is 0 Å². The molecule has 0 N–H and O–H groups in total. The fourth-order valence-electron chi connectivity index (χ4n) is 1.28. The lowest BCUT2D eigenvalue weighted by Gasteiger charge is -2.01. The van der Waals surface area contributed by atoms with E-state index in [2.05, 4.69) is 20.4 Å². The number of rotatable bonds is 3. The maximum atomic E-state index is 5.36. The lowest BCUT2D eigenvalue weighted by atomic mass is 10.1. The maximum Gasteiger partial charge on any atom is 0.219 e. The van der Waals surface area contributed by atoms with E-state index in [0.29, 0.717) is 11.8 Å². The third-order valence-corrected chi connectivity index (χ3v) is 2.87. The summed E-state index contributed by atoms with van der Waals surface area (Å²) in [6.45, 7) is 5.78. The standard InChI is InChI=1S/C9H12N4OS/c1-5(9-13-10-6(2)14-9)4-8-12-11-7(3)15-8/h5H,4H2,1-3H3. The van der Waals surface area contributed by atoms with Crippen molar-refractivity contribution in [3.8, 4) is 0 Å². The van der Waals surface area contributed by atoms with Crippen LogP contribution in [0.4, 0.5) is 0 Å². The van der Waals surface area contributed by atoms with Gasteiger partial charge >= 0.3 is 0 Å². The second-order valence-electron chi connectivity index (χ2n) is 3.48. The van der Waals surface area contributed by atoms with Gasteiger partial charge in [-0.25, -0.2) is 0 Å². The van der Waals surface area contributed by atoms with Crippen molar-refractivity contribution in [3.05, 3.63) is 21.8 Å². The summed E-state index contributed by atoms with van der Waals surface area (Å²) < 4.78 is 5.36. The Morgan fingerprint density at radius 1 is 1.20 bits per heavy atom. The quantitative estimate of drug-likeness (QED) is 0.796. The Balaban J connectivity index is 2.06. The van der Waals surface area contributed by atoms with Gasteiger partial charge in [-0.2, -0.15) is 0 Å². The number of aromatic nitrogens is 4. The SMILES string of the molecule is Cc1nnc(C(C)Cc2nnc(C)s2)o1. The first-order chi connectivity index (χ1) is 7.15. The number of hydrogen-bond acceptors (Lipinski definition) is 6. The monoisotopic (exact) mass is 224 g/mol. The van der Waals surface area contributed by atoms with Crippen molar-refractivity contribution in [2.75, 3.05) is 0 Å². The van der Waals surface area contributed by atoms with E-state index in [9.17, 15) is 0 Å². The summed E-state index contributed by atoms with van der Waals surface area (Å²) in [7, 11) is 0. The van der Waals surface area contributed by atoms with E-state index in [-0.39, 0.29) is 5.92 Å². The first kappa shape index (κ1) is 10.2. The highest BCUT2D eigenvalue weighted by Crippen LogP contribution is 2.20. The molecule has 1 atom stereocenters. The molecule has 0 aliphatic carbocycles. The molecule has 2 rings (SSSR count). The zero-order chi connectivity index (χ0) is 10.8. The highest BCUT2D eigenvalue weighted by atomic mass is 32.1. The molecule has 0 amide bonds. The predicted molar refractivity (Wildman–Crippen MR) is 55.8 cm³/mol. The van der Waals surface area contributed by atoms with E-state index in [4.69, 9.17) is 4.42 Å². The van der Waals surface area contributed by atoms with Gasteiger partial charge in [0.2, 0.25) is 11.8 Å². The molecule has 0 aromatic carbocycles. The van der Waals surface area contributed by atoms with Crippen LogP contribution >= 0.6 is 11.3 Å². The third-order valence-electron chi connectivity index (χ3n) is 2.01. The second kappa shape index (κ2) is 4.06. The Morgan fingerprint density at radius 2 is 2.00 bits per heavy atom. The molecular weight excluding hydrogens is 212 g/mol. The van der Waals surface area contributed by atoms with Crippen LogP contribution in [0.5, 0.6) is 0 Å². The molecule has 0 spiro atoms. The Labute approximate surface area is 91.6 Å². The van der Waals surface area contributed by atoms with Gasteiger partial charge in [0.15, 0.2) is 0 Å². The van der Waals surface area contributed by atoms with E-state index in [0.717, 1.165) is 16.4 Å². The summed E-state index contributed by atoms with van der Waals surface area (Å²) in [5.74, 6) is 1.46. The number of nitrogens with zero attached hydrogens (tertiary/aromatic N) is 4. The fourth-order valence-corrected chi connectivity index (χ4v) is 2.12. The van der Waals surface area contributed by atoms with Gasteiger partial charge in [0.25, 0.3) is 0 Å². The van der Waals surface area contributed by atoms with Gasteiger partial charge in [-0.15, -0.1) is 31.7 Å². The molecule has 0 fully saturated rings. The Bertz CT molecular complexity index is 450. The normalized spacial score (nSPS) is 13.0. The molecule has 1 unspecified atom stereocenters. The molecule has 5 nitrogen and oxygen atoms in total. The van der Waals surface area contributed by atoms with Crippen LogP contribution in [0.15, 0.2) is 4.42 Å². The summed E-state index contributed by atoms with van der Waals surface area (Å²) in [5, 5.41) is 17.8. The lowest BCUT2D eigenvalue weighted by Crippen LogP contribution is -1.98. The minimum absolute atomic E-state index is 0.193. The van der Waals surface area contributed by atoms with Gasteiger partial charge in [0.05, 0.1) is 0 Å². The van der Waals surface area contributed by atoms with E-state index < -0.39 is 0 Å². The van der Waals surface area contributed by atoms with E-state index in [1.165, 1.54) is 0 Å². The van der Waals surface area contributed by atoms with Gasteiger partial charge < -0.3 is 4.42 Å². The van der Waals surface area contributed by atoms with Gasteiger partial charge in [-0.3, -0.25) is 0 Å². The van der Waals surface area contributed by atoms with Crippen LogP contribution in [0.3, 0.4) is 0 Å². The zero-order valence-electron chi connectivity index (χ0n) is 8.89. The first-order valence-electron chi connectivity index (χ1n) is 4.74. The summed E-state index contributed by atoms with van der Waals surface area (Å²) in [5.41, 5.74) is 0. The topological polar surface area (TPSA) is 64.7 Å². The molecule has 0 radical (unpaired) electrons. The van der Waals surface area contributed by atoms with Crippen molar-refractivity contribution >= 4 is 11.3 Å². The molecule has 0 aliphatic rings. The molecule has 0 saturated heterocycles. The van der Waals surface area contributed by atoms with Crippen LogP contribution in [-0.2, 0) is 6.42 Å². The molecule has 0 aliphatic heterocycles. The molecule has 2 aromatic heterocycles. The summed E-state index contributed by atoms with van der Waals surface area (Å²) in [6.07, 6.45) is 0.799. The first-order valence-corrected chi connectivity index (χ1v) is 5.56. The van der Waals surface area contributed by atoms with Crippen LogP contribution in [0.25, 0.3) is 0 Å². The largest absolute Gasteiger partial charge is 0.425 e. The molecule has 0 saturated carbocycles. The molecule has 6 heteroatoms. The molecule has 2 heterocycles. The van der Waals surface area contributed by atoms with Gasteiger partial charge in [0.1, 0.15) is 10.0 Å². The average molecular weight is 224 g/mol. The average Bonchev–Trinajstić information content (AvgIpc) is 2.75. The van der Waals surface area contributed by atoms with Crippen molar-refractivity contribution < 1.29 is 4.42 Å². The smallest absolute Gasteiger partial charge is 0.219 e. The van der Waals surface area contributed by atoms with Gasteiger partial charge in [0, 0.05) is 19.3 Å². The zero-order valence-corrected chi connectivity index (χ0v) is 9.71. The molecule has 2 aromatic rings. The van der Waals surface area contributed by atoms with Crippen molar-refractivity contribution in [2.45, 2.75) is 33.1 Å². The fraction of sp³-hybridized carbons (Fsp3) is 0.556. The van der Waals surface area contributed by atoms with Crippen LogP contribution in [0.2, 0.25) is 0 Å². The molecule has 80 valence electrons. The minimum Gasteiger partial charge on any atom is -0.425 e. The number of aryl methyl sites for hydroxylation is 2. The molecule has 0 bridgehead atoms.